The highest BCUT2D eigenvalue weighted by Crippen LogP contribution is 2.25. The highest BCUT2D eigenvalue weighted by molar-refractivity contribution is 7.91. The summed E-state index contributed by atoms with van der Waals surface area (Å²) in [5.41, 5.74) is 0.710. The summed E-state index contributed by atoms with van der Waals surface area (Å²) in [6.07, 6.45) is 0. The molecule has 0 radical (unpaired) electrons. The van der Waals surface area contributed by atoms with Crippen LogP contribution in [0.1, 0.15) is 13.8 Å². The van der Waals surface area contributed by atoms with Crippen LogP contribution in [-0.2, 0) is 9.84 Å². The Bertz CT molecular complexity index is 471. The van der Waals surface area contributed by atoms with Crippen molar-refractivity contribution in [1.82, 2.24) is 0 Å². The minimum Gasteiger partial charge on any atom is -0.372 e. The molecule has 0 spiro atoms. The Kier molecular flexibility index (Phi) is 4.83. The molecule has 0 amide bonds. The number of rotatable bonds is 5. The van der Waals surface area contributed by atoms with Gasteiger partial charge in [0.2, 0.25) is 0 Å². The van der Waals surface area contributed by atoms with Crippen LogP contribution in [0.2, 0.25) is 0 Å². The van der Waals surface area contributed by atoms with E-state index in [2.05, 4.69) is 0 Å². The molecule has 17 heavy (non-hydrogen) atoms. The van der Waals surface area contributed by atoms with Crippen molar-refractivity contribution in [3.8, 4) is 0 Å². The summed E-state index contributed by atoms with van der Waals surface area (Å²) in [5, 5.41) is -0.0302. The first-order chi connectivity index (χ1) is 7.88. The van der Waals surface area contributed by atoms with Gasteiger partial charge in [-0.2, -0.15) is 0 Å². The Morgan fingerprint density at radius 3 is 2.47 bits per heavy atom. The molecule has 1 unspecified atom stereocenters. The minimum absolute atomic E-state index is 0.0302. The molecule has 0 heterocycles. The third kappa shape index (κ3) is 3.61. The molecule has 1 aromatic rings. The van der Waals surface area contributed by atoms with Gasteiger partial charge in [0.05, 0.1) is 16.3 Å². The Hall–Kier alpha value is -0.740. The largest absolute Gasteiger partial charge is 0.372 e. The summed E-state index contributed by atoms with van der Waals surface area (Å²) in [5.74, 6) is 0.105. The molecule has 0 N–H and O–H groups in total. The summed E-state index contributed by atoms with van der Waals surface area (Å²) >= 11 is 5.93. The third-order valence-electron chi connectivity index (χ3n) is 2.52. The molecule has 0 saturated heterocycles. The lowest BCUT2D eigenvalue weighted by Crippen LogP contribution is -2.26. The Morgan fingerprint density at radius 1 is 1.35 bits per heavy atom. The summed E-state index contributed by atoms with van der Waals surface area (Å²) in [4.78, 5) is 2.25. The fourth-order valence-electron chi connectivity index (χ4n) is 1.67. The normalized spacial score (nSPS) is 13.4. The monoisotopic (exact) mass is 275 g/mol. The molecule has 0 aliphatic rings. The van der Waals surface area contributed by atoms with E-state index in [1.807, 2.05) is 31.0 Å². The minimum atomic E-state index is -3.19. The van der Waals surface area contributed by atoms with E-state index in [1.54, 1.807) is 19.1 Å². The third-order valence-corrected chi connectivity index (χ3v) is 4.43. The first-order valence-corrected chi connectivity index (χ1v) is 7.64. The topological polar surface area (TPSA) is 37.4 Å². The van der Waals surface area contributed by atoms with Crippen LogP contribution in [0.25, 0.3) is 0 Å². The SMILES string of the molecule is CCS(=O)(=O)c1ccccc1N(C)CC(C)Cl. The van der Waals surface area contributed by atoms with E-state index in [1.165, 1.54) is 0 Å². The van der Waals surface area contributed by atoms with E-state index in [0.29, 0.717) is 17.1 Å². The van der Waals surface area contributed by atoms with Crippen molar-refractivity contribution in [3.05, 3.63) is 24.3 Å². The van der Waals surface area contributed by atoms with Gasteiger partial charge < -0.3 is 4.90 Å². The number of halogens is 1. The van der Waals surface area contributed by atoms with Crippen LogP contribution in [0.5, 0.6) is 0 Å². The Morgan fingerprint density at radius 2 is 1.94 bits per heavy atom. The van der Waals surface area contributed by atoms with Gasteiger partial charge in [-0.05, 0) is 19.1 Å². The molecule has 0 aromatic heterocycles. The highest BCUT2D eigenvalue weighted by Gasteiger charge is 2.18. The predicted molar refractivity (Wildman–Crippen MR) is 72.8 cm³/mol. The van der Waals surface area contributed by atoms with Crippen LogP contribution in [0.4, 0.5) is 5.69 Å². The molecule has 96 valence electrons. The number of hydrogen-bond acceptors (Lipinski definition) is 3. The van der Waals surface area contributed by atoms with E-state index in [4.69, 9.17) is 11.6 Å². The van der Waals surface area contributed by atoms with Crippen LogP contribution >= 0.6 is 11.6 Å². The lowest BCUT2D eigenvalue weighted by atomic mass is 10.3. The number of alkyl halides is 1. The van der Waals surface area contributed by atoms with Crippen molar-refractivity contribution in [2.75, 3.05) is 24.2 Å². The quantitative estimate of drug-likeness (QED) is 0.775. The van der Waals surface area contributed by atoms with Crippen molar-refractivity contribution >= 4 is 27.1 Å². The van der Waals surface area contributed by atoms with Gasteiger partial charge in [-0.1, -0.05) is 19.1 Å². The molecule has 1 atom stereocenters. The lowest BCUT2D eigenvalue weighted by Gasteiger charge is -2.23. The van der Waals surface area contributed by atoms with Gasteiger partial charge in [0.15, 0.2) is 9.84 Å². The number of sulfone groups is 1. The average molecular weight is 276 g/mol. The van der Waals surface area contributed by atoms with E-state index in [9.17, 15) is 8.42 Å². The van der Waals surface area contributed by atoms with Gasteiger partial charge in [-0.25, -0.2) is 8.42 Å². The molecule has 5 heteroatoms. The number of para-hydroxylation sites is 1. The average Bonchev–Trinajstić information content (AvgIpc) is 2.28. The highest BCUT2D eigenvalue weighted by atomic mass is 35.5. The number of anilines is 1. The maximum atomic E-state index is 12.0. The van der Waals surface area contributed by atoms with Crippen molar-refractivity contribution in [2.24, 2.45) is 0 Å². The second-order valence-electron chi connectivity index (χ2n) is 4.03. The molecule has 0 aliphatic carbocycles. The van der Waals surface area contributed by atoms with Gasteiger partial charge in [0, 0.05) is 19.0 Å². The molecular weight excluding hydrogens is 258 g/mol. The second-order valence-corrected chi connectivity index (χ2v) is 7.02. The zero-order valence-corrected chi connectivity index (χ0v) is 11.9. The van der Waals surface area contributed by atoms with Crippen molar-refractivity contribution in [1.29, 1.82) is 0 Å². The Balaban J connectivity index is 3.17. The first-order valence-electron chi connectivity index (χ1n) is 5.55. The molecule has 3 nitrogen and oxygen atoms in total. The van der Waals surface area contributed by atoms with Crippen molar-refractivity contribution in [2.45, 2.75) is 24.1 Å². The fraction of sp³-hybridized carbons (Fsp3) is 0.500. The van der Waals surface area contributed by atoms with Crippen molar-refractivity contribution in [3.63, 3.8) is 0 Å². The molecule has 1 aromatic carbocycles. The molecule has 0 aliphatic heterocycles. The van der Waals surface area contributed by atoms with Crippen LogP contribution in [0.15, 0.2) is 29.2 Å². The van der Waals surface area contributed by atoms with Gasteiger partial charge >= 0.3 is 0 Å². The standard InChI is InChI=1S/C12H18ClNO2S/c1-4-17(15,16)12-8-6-5-7-11(12)14(3)9-10(2)13/h5-8,10H,4,9H2,1-3H3. The zero-order valence-electron chi connectivity index (χ0n) is 10.4. The molecule has 0 fully saturated rings. The summed E-state index contributed by atoms with van der Waals surface area (Å²) in [6, 6.07) is 7.02. The zero-order chi connectivity index (χ0) is 13.1. The summed E-state index contributed by atoms with van der Waals surface area (Å²) in [6.45, 7) is 4.14. The maximum absolute atomic E-state index is 12.0. The number of nitrogens with zero attached hydrogens (tertiary/aromatic N) is 1. The lowest BCUT2D eigenvalue weighted by molar-refractivity contribution is 0.597. The summed E-state index contributed by atoms with van der Waals surface area (Å²) in [7, 11) is -1.34. The fourth-order valence-corrected chi connectivity index (χ4v) is 3.01. The van der Waals surface area contributed by atoms with E-state index < -0.39 is 9.84 Å². The van der Waals surface area contributed by atoms with E-state index >= 15 is 0 Å². The van der Waals surface area contributed by atoms with Crippen LogP contribution in [0, 0.1) is 0 Å². The smallest absolute Gasteiger partial charge is 0.180 e. The van der Waals surface area contributed by atoms with Crippen LogP contribution < -0.4 is 4.90 Å². The Labute approximate surface area is 108 Å². The van der Waals surface area contributed by atoms with E-state index in [0.717, 1.165) is 0 Å². The second kappa shape index (κ2) is 5.74. The van der Waals surface area contributed by atoms with E-state index in [-0.39, 0.29) is 11.1 Å². The van der Waals surface area contributed by atoms with Crippen LogP contribution in [0.3, 0.4) is 0 Å². The van der Waals surface area contributed by atoms with Gasteiger partial charge in [-0.3, -0.25) is 0 Å². The van der Waals surface area contributed by atoms with Gasteiger partial charge in [-0.15, -0.1) is 11.6 Å². The molecular formula is C12H18ClNO2S. The van der Waals surface area contributed by atoms with Gasteiger partial charge in [0.25, 0.3) is 0 Å². The number of benzene rings is 1. The maximum Gasteiger partial charge on any atom is 0.180 e. The van der Waals surface area contributed by atoms with Gasteiger partial charge in [0.1, 0.15) is 0 Å². The molecule has 0 bridgehead atoms. The first kappa shape index (κ1) is 14.3. The summed E-state index contributed by atoms with van der Waals surface area (Å²) < 4.78 is 23.9. The predicted octanol–water partition coefficient (Wildman–Crippen LogP) is 2.54. The molecule has 0 saturated carbocycles. The van der Waals surface area contributed by atoms with Crippen LogP contribution in [-0.4, -0.2) is 33.1 Å². The van der Waals surface area contributed by atoms with Crippen molar-refractivity contribution < 1.29 is 8.42 Å². The number of hydrogen-bond donors (Lipinski definition) is 0. The molecule has 1 rings (SSSR count).